The largest absolute Gasteiger partial charge is 0.455 e. The lowest BCUT2D eigenvalue weighted by atomic mass is 10.0. The number of sulfonamides is 1. The molecule has 1 heterocycles. The summed E-state index contributed by atoms with van der Waals surface area (Å²) in [5.41, 5.74) is 3.36. The van der Waals surface area contributed by atoms with Crippen molar-refractivity contribution >= 4 is 27.6 Å². The van der Waals surface area contributed by atoms with Crippen LogP contribution in [0.4, 0.5) is 5.69 Å². The summed E-state index contributed by atoms with van der Waals surface area (Å²) in [5, 5.41) is 2.61. The smallest absolute Gasteiger partial charge is 0.310 e. The second-order valence-corrected chi connectivity index (χ2v) is 10.0. The molecule has 0 aromatic heterocycles. The van der Waals surface area contributed by atoms with Gasteiger partial charge < -0.3 is 10.1 Å². The number of esters is 1. The van der Waals surface area contributed by atoms with E-state index in [2.05, 4.69) is 5.32 Å². The maximum absolute atomic E-state index is 12.6. The molecule has 176 valence electrons. The lowest BCUT2D eigenvalue weighted by Crippen LogP contribution is -2.27. The molecule has 0 spiro atoms. The van der Waals surface area contributed by atoms with Gasteiger partial charge >= 0.3 is 5.97 Å². The van der Waals surface area contributed by atoms with E-state index < -0.39 is 28.5 Å². The number of ether oxygens (including phenoxy) is 1. The molecule has 0 atom stereocenters. The minimum absolute atomic E-state index is 0.0609. The molecule has 34 heavy (non-hydrogen) atoms. The van der Waals surface area contributed by atoms with Crippen molar-refractivity contribution in [1.29, 1.82) is 0 Å². The van der Waals surface area contributed by atoms with Crippen molar-refractivity contribution in [3.63, 3.8) is 0 Å². The number of amides is 1. The Morgan fingerprint density at radius 3 is 2.09 bits per heavy atom. The lowest BCUT2D eigenvalue weighted by molar-refractivity contribution is -0.146. The zero-order valence-corrected chi connectivity index (χ0v) is 19.5. The third-order valence-electron chi connectivity index (χ3n) is 5.61. The van der Waals surface area contributed by atoms with E-state index in [1.54, 1.807) is 0 Å². The predicted molar refractivity (Wildman–Crippen MR) is 130 cm³/mol. The summed E-state index contributed by atoms with van der Waals surface area (Å²) in [6.45, 7) is 0.640. The zero-order chi connectivity index (χ0) is 24.0. The average Bonchev–Trinajstić information content (AvgIpc) is 3.40. The van der Waals surface area contributed by atoms with E-state index in [1.807, 2.05) is 54.6 Å². The van der Waals surface area contributed by atoms with Crippen LogP contribution >= 0.6 is 0 Å². The topological polar surface area (TPSA) is 92.8 Å². The van der Waals surface area contributed by atoms with Gasteiger partial charge in [0.2, 0.25) is 10.0 Å². The van der Waals surface area contributed by atoms with Gasteiger partial charge in [0.05, 0.1) is 11.3 Å². The van der Waals surface area contributed by atoms with Gasteiger partial charge in [-0.25, -0.2) is 8.42 Å². The zero-order valence-electron chi connectivity index (χ0n) is 18.6. The Kier molecular flexibility index (Phi) is 7.40. The van der Waals surface area contributed by atoms with Gasteiger partial charge in [0.15, 0.2) is 6.61 Å². The summed E-state index contributed by atoms with van der Waals surface area (Å²) in [5.74, 6) is -1.00. The van der Waals surface area contributed by atoms with Gasteiger partial charge in [-0.1, -0.05) is 54.6 Å². The van der Waals surface area contributed by atoms with Gasteiger partial charge in [-0.2, -0.15) is 4.31 Å². The van der Waals surface area contributed by atoms with Crippen LogP contribution in [0.2, 0.25) is 0 Å². The van der Waals surface area contributed by atoms with Crippen molar-refractivity contribution < 1.29 is 22.7 Å². The first-order valence-corrected chi connectivity index (χ1v) is 12.6. The highest BCUT2D eigenvalue weighted by molar-refractivity contribution is 7.89. The maximum Gasteiger partial charge on any atom is 0.310 e. The number of carbonyl (C=O) groups is 2. The van der Waals surface area contributed by atoms with Gasteiger partial charge in [0, 0.05) is 18.8 Å². The fraction of sp³-hybridized carbons (Fsp3) is 0.231. The molecule has 8 heteroatoms. The van der Waals surface area contributed by atoms with Crippen LogP contribution in [0.25, 0.3) is 11.1 Å². The van der Waals surface area contributed by atoms with Gasteiger partial charge in [-0.3, -0.25) is 9.59 Å². The van der Waals surface area contributed by atoms with Crippen molar-refractivity contribution in [2.45, 2.75) is 24.2 Å². The van der Waals surface area contributed by atoms with Crippen LogP contribution in [-0.2, 0) is 30.8 Å². The Morgan fingerprint density at radius 1 is 0.824 bits per heavy atom. The molecule has 1 fully saturated rings. The molecular formula is C26H26N2O5S. The summed E-state index contributed by atoms with van der Waals surface area (Å²) in [6.07, 6.45) is 1.79. The summed E-state index contributed by atoms with van der Waals surface area (Å²) < 4.78 is 31.7. The van der Waals surface area contributed by atoms with E-state index in [1.165, 1.54) is 28.6 Å². The van der Waals surface area contributed by atoms with Crippen LogP contribution in [0.5, 0.6) is 0 Å². The summed E-state index contributed by atoms with van der Waals surface area (Å²) >= 11 is 0. The number of nitrogens with zero attached hydrogens (tertiary/aromatic N) is 1. The van der Waals surface area contributed by atoms with E-state index in [4.69, 9.17) is 4.74 Å². The molecule has 7 nitrogen and oxygen atoms in total. The first-order chi connectivity index (χ1) is 16.4. The molecule has 0 unspecified atom stereocenters. The van der Waals surface area contributed by atoms with E-state index in [0.717, 1.165) is 29.5 Å². The molecule has 0 saturated carbocycles. The fourth-order valence-corrected chi connectivity index (χ4v) is 5.31. The van der Waals surface area contributed by atoms with Crippen molar-refractivity contribution in [2.24, 2.45) is 0 Å². The average molecular weight is 479 g/mol. The van der Waals surface area contributed by atoms with Crippen LogP contribution in [0.3, 0.4) is 0 Å². The van der Waals surface area contributed by atoms with Crippen molar-refractivity contribution in [3.8, 4) is 11.1 Å². The monoisotopic (exact) mass is 478 g/mol. The van der Waals surface area contributed by atoms with Gasteiger partial charge in [0.25, 0.3) is 5.91 Å². The minimum atomic E-state index is -3.50. The van der Waals surface area contributed by atoms with Crippen LogP contribution in [0, 0.1) is 0 Å². The van der Waals surface area contributed by atoms with E-state index in [-0.39, 0.29) is 11.3 Å². The minimum Gasteiger partial charge on any atom is -0.455 e. The number of rotatable bonds is 8. The molecule has 1 amide bonds. The molecule has 1 N–H and O–H groups in total. The number of carbonyl (C=O) groups excluding carboxylic acids is 2. The molecule has 0 radical (unpaired) electrons. The number of anilines is 1. The van der Waals surface area contributed by atoms with Crippen LogP contribution < -0.4 is 5.32 Å². The van der Waals surface area contributed by atoms with E-state index in [9.17, 15) is 18.0 Å². The highest BCUT2D eigenvalue weighted by Crippen LogP contribution is 2.22. The molecule has 1 saturated heterocycles. The predicted octanol–water partition coefficient (Wildman–Crippen LogP) is 3.86. The molecule has 3 aromatic rings. The Bertz CT molecular complexity index is 1230. The first-order valence-electron chi connectivity index (χ1n) is 11.1. The SMILES string of the molecule is O=C(COC(=O)Cc1ccc(-c2ccccc2)cc1)Nc1ccc(S(=O)(=O)N2CCCC2)cc1. The van der Waals surface area contributed by atoms with E-state index >= 15 is 0 Å². The van der Waals surface area contributed by atoms with Gasteiger partial charge in [-0.15, -0.1) is 0 Å². The maximum atomic E-state index is 12.6. The van der Waals surface area contributed by atoms with Crippen LogP contribution in [0.15, 0.2) is 83.8 Å². The first kappa shape index (κ1) is 23.7. The third kappa shape index (κ3) is 5.89. The van der Waals surface area contributed by atoms with Crippen molar-refractivity contribution in [1.82, 2.24) is 4.31 Å². The molecule has 0 bridgehead atoms. The molecule has 3 aromatic carbocycles. The summed E-state index contributed by atoms with van der Waals surface area (Å²) in [4.78, 5) is 24.5. The van der Waals surface area contributed by atoms with Gasteiger partial charge in [-0.05, 0) is 53.8 Å². The number of nitrogens with one attached hydrogen (secondary N) is 1. The summed E-state index contributed by atoms with van der Waals surface area (Å²) in [7, 11) is -3.50. The van der Waals surface area contributed by atoms with E-state index in [0.29, 0.717) is 18.8 Å². The van der Waals surface area contributed by atoms with Crippen LogP contribution in [-0.4, -0.2) is 44.3 Å². The van der Waals surface area contributed by atoms with Crippen molar-refractivity contribution in [2.75, 3.05) is 25.0 Å². The van der Waals surface area contributed by atoms with Crippen LogP contribution in [0.1, 0.15) is 18.4 Å². The highest BCUT2D eigenvalue weighted by Gasteiger charge is 2.26. The quantitative estimate of drug-likeness (QED) is 0.496. The Balaban J connectivity index is 1.25. The number of hydrogen-bond acceptors (Lipinski definition) is 5. The second-order valence-electron chi connectivity index (χ2n) is 8.08. The standard InChI is InChI=1S/C26H26N2O5S/c29-25(27-23-12-14-24(15-13-23)34(31,32)28-16-4-5-17-28)19-33-26(30)18-20-8-10-22(11-9-20)21-6-2-1-3-7-21/h1-3,6-15H,4-5,16-19H2,(H,27,29). The molecular weight excluding hydrogens is 452 g/mol. The summed E-state index contributed by atoms with van der Waals surface area (Å²) in [6, 6.07) is 23.5. The molecule has 1 aliphatic rings. The van der Waals surface area contributed by atoms with Gasteiger partial charge in [0.1, 0.15) is 0 Å². The fourth-order valence-electron chi connectivity index (χ4n) is 3.79. The second kappa shape index (κ2) is 10.6. The number of hydrogen-bond donors (Lipinski definition) is 1. The van der Waals surface area contributed by atoms with Crippen molar-refractivity contribution in [3.05, 3.63) is 84.4 Å². The molecule has 1 aliphatic heterocycles. The Morgan fingerprint density at radius 2 is 1.44 bits per heavy atom. The normalized spacial score (nSPS) is 14.0. The Labute approximate surface area is 199 Å². The molecule has 0 aliphatic carbocycles. The lowest BCUT2D eigenvalue weighted by Gasteiger charge is -2.15. The highest BCUT2D eigenvalue weighted by atomic mass is 32.2. The molecule has 4 rings (SSSR count). The number of benzene rings is 3. The third-order valence-corrected chi connectivity index (χ3v) is 7.53. The Hall–Kier alpha value is -3.49.